The Bertz CT molecular complexity index is 329. The average molecular weight is 208 g/mol. The molecule has 0 N–H and O–H groups in total. The summed E-state index contributed by atoms with van der Waals surface area (Å²) in [5, 5.41) is 0. The largest absolute Gasteiger partial charge is 0.294 e. The second-order valence-corrected chi connectivity index (χ2v) is 3.79. The first-order valence-electron chi connectivity index (χ1n) is 5.46. The summed E-state index contributed by atoms with van der Waals surface area (Å²) < 4.78 is 13.3. The van der Waals surface area contributed by atoms with Gasteiger partial charge in [-0.1, -0.05) is 38.8 Å². The average Bonchev–Trinajstić information content (AvgIpc) is 2.26. The molecule has 1 aromatic carbocycles. The number of halogens is 1. The van der Waals surface area contributed by atoms with Crippen molar-refractivity contribution in [1.29, 1.82) is 0 Å². The third-order valence-corrected chi connectivity index (χ3v) is 2.80. The predicted octanol–water partition coefficient (Wildman–Crippen LogP) is 3.83. The maximum atomic E-state index is 13.3. The standard InChI is InChI=1S/C13H17FO/c1-3-10(4-2)9-13(15)11-7-5-6-8-12(11)14/h5-8,10H,3-4,9H2,1-2H3. The van der Waals surface area contributed by atoms with E-state index in [0.717, 1.165) is 12.8 Å². The second-order valence-electron chi connectivity index (χ2n) is 3.79. The van der Waals surface area contributed by atoms with Gasteiger partial charge in [0.05, 0.1) is 5.56 Å². The number of Topliss-reactive ketones (excluding diaryl/α,β-unsaturated/α-hetero) is 1. The zero-order valence-corrected chi connectivity index (χ0v) is 9.29. The molecule has 1 aromatic rings. The van der Waals surface area contributed by atoms with Gasteiger partial charge in [0.1, 0.15) is 5.82 Å². The first kappa shape index (κ1) is 11.9. The topological polar surface area (TPSA) is 17.1 Å². The first-order valence-corrected chi connectivity index (χ1v) is 5.46. The minimum absolute atomic E-state index is 0.0817. The molecule has 0 heterocycles. The fourth-order valence-electron chi connectivity index (χ4n) is 1.64. The first-order chi connectivity index (χ1) is 7.19. The van der Waals surface area contributed by atoms with Crippen LogP contribution in [-0.2, 0) is 0 Å². The second kappa shape index (κ2) is 5.64. The van der Waals surface area contributed by atoms with Crippen LogP contribution in [0.25, 0.3) is 0 Å². The number of benzene rings is 1. The molecule has 0 fully saturated rings. The monoisotopic (exact) mass is 208 g/mol. The molecule has 82 valence electrons. The Labute approximate surface area is 90.3 Å². The lowest BCUT2D eigenvalue weighted by molar-refractivity contribution is 0.0955. The summed E-state index contributed by atoms with van der Waals surface area (Å²) in [4.78, 5) is 11.8. The van der Waals surface area contributed by atoms with E-state index in [-0.39, 0.29) is 11.3 Å². The number of carbonyl (C=O) groups is 1. The number of rotatable bonds is 5. The number of ketones is 1. The van der Waals surface area contributed by atoms with E-state index in [9.17, 15) is 9.18 Å². The molecule has 0 aromatic heterocycles. The van der Waals surface area contributed by atoms with Crippen LogP contribution in [0.4, 0.5) is 4.39 Å². The van der Waals surface area contributed by atoms with Gasteiger partial charge in [-0.2, -0.15) is 0 Å². The Morgan fingerprint density at radius 1 is 1.27 bits per heavy atom. The molecule has 0 aliphatic carbocycles. The van der Waals surface area contributed by atoms with Crippen molar-refractivity contribution in [2.45, 2.75) is 33.1 Å². The molecular formula is C13H17FO. The van der Waals surface area contributed by atoms with Crippen LogP contribution in [0.3, 0.4) is 0 Å². The van der Waals surface area contributed by atoms with Gasteiger partial charge < -0.3 is 0 Å². The molecule has 0 saturated heterocycles. The van der Waals surface area contributed by atoms with Gasteiger partial charge in [0.25, 0.3) is 0 Å². The third kappa shape index (κ3) is 3.15. The molecule has 0 unspecified atom stereocenters. The van der Waals surface area contributed by atoms with E-state index in [2.05, 4.69) is 13.8 Å². The summed E-state index contributed by atoms with van der Waals surface area (Å²) in [5.41, 5.74) is 0.226. The van der Waals surface area contributed by atoms with Crippen molar-refractivity contribution in [3.05, 3.63) is 35.6 Å². The molecule has 0 saturated carbocycles. The zero-order chi connectivity index (χ0) is 11.3. The lowest BCUT2D eigenvalue weighted by Crippen LogP contribution is -2.09. The van der Waals surface area contributed by atoms with Gasteiger partial charge in [0.2, 0.25) is 0 Å². The van der Waals surface area contributed by atoms with Crippen molar-refractivity contribution in [2.75, 3.05) is 0 Å². The van der Waals surface area contributed by atoms with Gasteiger partial charge in [0.15, 0.2) is 5.78 Å². The van der Waals surface area contributed by atoms with Gasteiger partial charge in [-0.3, -0.25) is 4.79 Å². The number of carbonyl (C=O) groups excluding carboxylic acids is 1. The molecule has 0 aliphatic rings. The van der Waals surface area contributed by atoms with Gasteiger partial charge in [0, 0.05) is 6.42 Å². The summed E-state index contributed by atoms with van der Waals surface area (Å²) >= 11 is 0. The predicted molar refractivity (Wildman–Crippen MR) is 59.4 cm³/mol. The highest BCUT2D eigenvalue weighted by Crippen LogP contribution is 2.17. The summed E-state index contributed by atoms with van der Waals surface area (Å²) in [7, 11) is 0. The van der Waals surface area contributed by atoms with Crippen molar-refractivity contribution in [1.82, 2.24) is 0 Å². The fourth-order valence-corrected chi connectivity index (χ4v) is 1.64. The van der Waals surface area contributed by atoms with E-state index in [1.54, 1.807) is 18.2 Å². The van der Waals surface area contributed by atoms with E-state index in [1.165, 1.54) is 6.07 Å². The summed E-state index contributed by atoms with van der Waals surface area (Å²) in [6, 6.07) is 6.19. The van der Waals surface area contributed by atoms with Crippen LogP contribution in [0.15, 0.2) is 24.3 Å². The van der Waals surface area contributed by atoms with Crippen LogP contribution >= 0.6 is 0 Å². The van der Waals surface area contributed by atoms with Gasteiger partial charge in [-0.05, 0) is 18.1 Å². The minimum atomic E-state index is -0.409. The van der Waals surface area contributed by atoms with Crippen molar-refractivity contribution in [3.63, 3.8) is 0 Å². The van der Waals surface area contributed by atoms with Crippen LogP contribution in [0.5, 0.6) is 0 Å². The fraction of sp³-hybridized carbons (Fsp3) is 0.462. The Kier molecular flexibility index (Phi) is 4.47. The normalized spacial score (nSPS) is 10.7. The van der Waals surface area contributed by atoms with Gasteiger partial charge in [-0.15, -0.1) is 0 Å². The maximum absolute atomic E-state index is 13.3. The number of hydrogen-bond acceptors (Lipinski definition) is 1. The molecule has 0 bridgehead atoms. The highest BCUT2D eigenvalue weighted by atomic mass is 19.1. The van der Waals surface area contributed by atoms with Crippen LogP contribution < -0.4 is 0 Å². The molecule has 0 amide bonds. The van der Waals surface area contributed by atoms with Crippen LogP contribution in [0.2, 0.25) is 0 Å². The molecule has 0 atom stereocenters. The van der Waals surface area contributed by atoms with Crippen molar-refractivity contribution >= 4 is 5.78 Å². The summed E-state index contributed by atoms with van der Waals surface area (Å²) in [5.74, 6) is -0.118. The van der Waals surface area contributed by atoms with E-state index in [0.29, 0.717) is 12.3 Å². The Balaban J connectivity index is 2.73. The Hall–Kier alpha value is -1.18. The summed E-state index contributed by atoms with van der Waals surface area (Å²) in [6.07, 6.45) is 2.39. The van der Waals surface area contributed by atoms with Crippen molar-refractivity contribution in [2.24, 2.45) is 5.92 Å². The van der Waals surface area contributed by atoms with E-state index in [1.807, 2.05) is 0 Å². The SMILES string of the molecule is CCC(CC)CC(=O)c1ccccc1F. The van der Waals surface area contributed by atoms with E-state index in [4.69, 9.17) is 0 Å². The summed E-state index contributed by atoms with van der Waals surface area (Å²) in [6.45, 7) is 4.12. The molecule has 1 rings (SSSR count). The van der Waals surface area contributed by atoms with Crippen molar-refractivity contribution < 1.29 is 9.18 Å². The molecule has 0 spiro atoms. The smallest absolute Gasteiger partial charge is 0.166 e. The minimum Gasteiger partial charge on any atom is -0.294 e. The lowest BCUT2D eigenvalue weighted by atomic mass is 9.94. The Morgan fingerprint density at radius 2 is 1.87 bits per heavy atom. The molecule has 1 nitrogen and oxygen atoms in total. The quantitative estimate of drug-likeness (QED) is 0.672. The maximum Gasteiger partial charge on any atom is 0.166 e. The molecule has 2 heteroatoms. The highest BCUT2D eigenvalue weighted by Gasteiger charge is 2.14. The Morgan fingerprint density at radius 3 is 2.40 bits per heavy atom. The van der Waals surface area contributed by atoms with Crippen molar-refractivity contribution in [3.8, 4) is 0 Å². The lowest BCUT2D eigenvalue weighted by Gasteiger charge is -2.11. The highest BCUT2D eigenvalue weighted by molar-refractivity contribution is 5.96. The zero-order valence-electron chi connectivity index (χ0n) is 9.29. The van der Waals surface area contributed by atoms with Crippen LogP contribution in [0.1, 0.15) is 43.5 Å². The molecule has 15 heavy (non-hydrogen) atoms. The van der Waals surface area contributed by atoms with Crippen LogP contribution in [0, 0.1) is 11.7 Å². The number of hydrogen-bond donors (Lipinski definition) is 0. The van der Waals surface area contributed by atoms with Gasteiger partial charge in [-0.25, -0.2) is 4.39 Å². The van der Waals surface area contributed by atoms with Gasteiger partial charge >= 0.3 is 0 Å². The molecular weight excluding hydrogens is 191 g/mol. The van der Waals surface area contributed by atoms with Crippen LogP contribution in [-0.4, -0.2) is 5.78 Å². The molecule has 0 aliphatic heterocycles. The van der Waals surface area contributed by atoms with E-state index >= 15 is 0 Å². The molecule has 0 radical (unpaired) electrons. The third-order valence-electron chi connectivity index (χ3n) is 2.80. The van der Waals surface area contributed by atoms with E-state index < -0.39 is 5.82 Å².